The van der Waals surface area contributed by atoms with Crippen molar-refractivity contribution < 1.29 is 17.2 Å². The van der Waals surface area contributed by atoms with Gasteiger partial charge < -0.3 is 5.32 Å². The van der Waals surface area contributed by atoms with E-state index in [0.717, 1.165) is 18.7 Å². The van der Waals surface area contributed by atoms with E-state index in [1.54, 1.807) is 12.1 Å². The molecule has 0 unspecified atom stereocenters. The van der Waals surface area contributed by atoms with Crippen LogP contribution in [-0.2, 0) is 10.0 Å². The molecule has 1 aromatic rings. The average Bonchev–Trinajstić information content (AvgIpc) is 2.34. The van der Waals surface area contributed by atoms with Crippen LogP contribution in [0.25, 0.3) is 0 Å². The van der Waals surface area contributed by atoms with E-state index in [9.17, 15) is 17.2 Å². The number of alkyl halides is 2. The molecule has 0 aliphatic rings. The quantitative estimate of drug-likeness (QED) is 0.802. The summed E-state index contributed by atoms with van der Waals surface area (Å²) >= 11 is 0. The fourth-order valence-electron chi connectivity index (χ4n) is 1.28. The van der Waals surface area contributed by atoms with Crippen LogP contribution in [-0.4, -0.2) is 27.9 Å². The van der Waals surface area contributed by atoms with Crippen molar-refractivity contribution in [1.82, 2.24) is 4.72 Å². The molecule has 0 amide bonds. The van der Waals surface area contributed by atoms with Crippen LogP contribution in [0.4, 0.5) is 14.5 Å². The largest absolute Gasteiger partial charge is 0.385 e. The third-order valence-electron chi connectivity index (χ3n) is 2.17. The van der Waals surface area contributed by atoms with E-state index in [2.05, 4.69) is 5.32 Å². The summed E-state index contributed by atoms with van der Waals surface area (Å²) in [5.74, 6) is 0. The predicted molar refractivity (Wildman–Crippen MR) is 66.4 cm³/mol. The monoisotopic (exact) mass is 278 g/mol. The first-order valence-corrected chi connectivity index (χ1v) is 7.06. The lowest BCUT2D eigenvalue weighted by Crippen LogP contribution is -2.28. The van der Waals surface area contributed by atoms with Gasteiger partial charge in [-0.05, 0) is 30.7 Å². The van der Waals surface area contributed by atoms with Crippen LogP contribution in [0.3, 0.4) is 0 Å². The van der Waals surface area contributed by atoms with Crippen LogP contribution in [0.5, 0.6) is 0 Å². The summed E-state index contributed by atoms with van der Waals surface area (Å²) in [6, 6.07) is 5.97. The Bertz CT molecular complexity index is 460. The summed E-state index contributed by atoms with van der Waals surface area (Å²) in [7, 11) is -3.85. The Labute approximate surface area is 105 Å². The molecule has 4 nitrogen and oxygen atoms in total. The molecule has 1 rings (SSSR count). The van der Waals surface area contributed by atoms with Gasteiger partial charge >= 0.3 is 0 Å². The molecule has 0 atom stereocenters. The summed E-state index contributed by atoms with van der Waals surface area (Å²) in [6.45, 7) is 1.92. The number of hydrogen-bond acceptors (Lipinski definition) is 3. The van der Waals surface area contributed by atoms with Crippen LogP contribution in [0.2, 0.25) is 0 Å². The first kappa shape index (κ1) is 14.8. The van der Waals surface area contributed by atoms with E-state index in [4.69, 9.17) is 0 Å². The van der Waals surface area contributed by atoms with Crippen LogP contribution in [0.15, 0.2) is 29.2 Å². The maximum Gasteiger partial charge on any atom is 0.251 e. The molecule has 0 heterocycles. The van der Waals surface area contributed by atoms with Gasteiger partial charge in [0.15, 0.2) is 0 Å². The maximum absolute atomic E-state index is 11.9. The van der Waals surface area contributed by atoms with Crippen molar-refractivity contribution in [1.29, 1.82) is 0 Å². The molecule has 18 heavy (non-hydrogen) atoms. The molecule has 0 aliphatic carbocycles. The third-order valence-corrected chi connectivity index (χ3v) is 3.61. The molecule has 0 aromatic heterocycles. The minimum atomic E-state index is -3.85. The van der Waals surface area contributed by atoms with Gasteiger partial charge in [-0.25, -0.2) is 21.9 Å². The Balaban J connectivity index is 2.71. The second-order valence-corrected chi connectivity index (χ2v) is 5.46. The lowest BCUT2D eigenvalue weighted by Gasteiger charge is -2.08. The second kappa shape index (κ2) is 6.65. The lowest BCUT2D eigenvalue weighted by atomic mass is 10.3. The minimum Gasteiger partial charge on any atom is -0.385 e. The van der Waals surface area contributed by atoms with Crippen LogP contribution < -0.4 is 10.0 Å². The normalized spacial score (nSPS) is 11.8. The molecule has 7 heteroatoms. The van der Waals surface area contributed by atoms with Gasteiger partial charge in [-0.1, -0.05) is 6.92 Å². The SMILES string of the molecule is CCCNc1ccc(S(=O)(=O)NCC(F)F)cc1. The van der Waals surface area contributed by atoms with Crippen LogP contribution >= 0.6 is 0 Å². The number of rotatable bonds is 7. The highest BCUT2D eigenvalue weighted by Gasteiger charge is 2.15. The molecule has 0 saturated heterocycles. The Morgan fingerprint density at radius 2 is 1.83 bits per heavy atom. The van der Waals surface area contributed by atoms with E-state index in [-0.39, 0.29) is 4.90 Å². The molecule has 0 bridgehead atoms. The van der Waals surface area contributed by atoms with Crippen molar-refractivity contribution in [3.63, 3.8) is 0 Å². The van der Waals surface area contributed by atoms with Crippen molar-refractivity contribution in [3.05, 3.63) is 24.3 Å². The van der Waals surface area contributed by atoms with Crippen molar-refractivity contribution in [2.24, 2.45) is 0 Å². The van der Waals surface area contributed by atoms with Crippen molar-refractivity contribution in [2.45, 2.75) is 24.7 Å². The lowest BCUT2D eigenvalue weighted by molar-refractivity contribution is 0.153. The van der Waals surface area contributed by atoms with Gasteiger partial charge in [0.1, 0.15) is 0 Å². The summed E-state index contributed by atoms with van der Waals surface area (Å²) in [6.07, 6.45) is -1.75. The molecule has 0 spiro atoms. The number of nitrogens with one attached hydrogen (secondary N) is 2. The first-order chi connectivity index (χ1) is 8.45. The summed E-state index contributed by atoms with van der Waals surface area (Å²) < 4.78 is 48.9. The summed E-state index contributed by atoms with van der Waals surface area (Å²) in [5.41, 5.74) is 0.796. The van der Waals surface area contributed by atoms with Gasteiger partial charge in [0, 0.05) is 12.2 Å². The third kappa shape index (κ3) is 4.58. The van der Waals surface area contributed by atoms with Gasteiger partial charge in [0.25, 0.3) is 6.43 Å². The molecule has 0 saturated carbocycles. The Morgan fingerprint density at radius 3 is 2.33 bits per heavy atom. The maximum atomic E-state index is 11.9. The van der Waals surface area contributed by atoms with Crippen LogP contribution in [0, 0.1) is 0 Å². The Kier molecular flexibility index (Phi) is 5.49. The van der Waals surface area contributed by atoms with Gasteiger partial charge in [-0.2, -0.15) is 0 Å². The fraction of sp³-hybridized carbons (Fsp3) is 0.455. The highest BCUT2D eigenvalue weighted by molar-refractivity contribution is 7.89. The molecule has 2 N–H and O–H groups in total. The van der Waals surface area contributed by atoms with Crippen molar-refractivity contribution in [2.75, 3.05) is 18.4 Å². The number of anilines is 1. The van der Waals surface area contributed by atoms with Gasteiger partial charge in [-0.15, -0.1) is 0 Å². The van der Waals surface area contributed by atoms with Crippen LogP contribution in [0.1, 0.15) is 13.3 Å². The molecular formula is C11H16F2N2O2S. The average molecular weight is 278 g/mol. The molecular weight excluding hydrogens is 262 g/mol. The predicted octanol–water partition coefficient (Wildman–Crippen LogP) is 2.05. The van der Waals surface area contributed by atoms with E-state index >= 15 is 0 Å². The van der Waals surface area contributed by atoms with Crippen molar-refractivity contribution in [3.8, 4) is 0 Å². The van der Waals surface area contributed by atoms with Gasteiger partial charge in [0.2, 0.25) is 10.0 Å². The Hall–Kier alpha value is -1.21. The second-order valence-electron chi connectivity index (χ2n) is 3.69. The molecule has 0 aliphatic heterocycles. The first-order valence-electron chi connectivity index (χ1n) is 5.57. The van der Waals surface area contributed by atoms with Crippen molar-refractivity contribution >= 4 is 15.7 Å². The zero-order valence-corrected chi connectivity index (χ0v) is 10.8. The summed E-state index contributed by atoms with van der Waals surface area (Å²) in [5, 5.41) is 3.09. The highest BCUT2D eigenvalue weighted by atomic mass is 32.2. The molecule has 1 aromatic carbocycles. The van der Waals surface area contributed by atoms with Gasteiger partial charge in [-0.3, -0.25) is 0 Å². The zero-order chi connectivity index (χ0) is 13.6. The van der Waals surface area contributed by atoms with E-state index in [0.29, 0.717) is 0 Å². The standard InChI is InChI=1S/C11H16F2N2O2S/c1-2-7-14-9-3-5-10(6-4-9)18(16,17)15-8-11(12)13/h3-6,11,14-15H,2,7-8H2,1H3. The molecule has 0 radical (unpaired) electrons. The van der Waals surface area contributed by atoms with E-state index in [1.165, 1.54) is 12.1 Å². The van der Waals surface area contributed by atoms with Gasteiger partial charge in [0.05, 0.1) is 11.4 Å². The highest BCUT2D eigenvalue weighted by Crippen LogP contribution is 2.14. The Morgan fingerprint density at radius 1 is 1.22 bits per heavy atom. The smallest absolute Gasteiger partial charge is 0.251 e. The molecule has 0 fully saturated rings. The minimum absolute atomic E-state index is 0.0230. The van der Waals surface area contributed by atoms with E-state index < -0.39 is 23.0 Å². The number of hydrogen-bond donors (Lipinski definition) is 2. The summed E-state index contributed by atoms with van der Waals surface area (Å²) in [4.78, 5) is -0.0230. The zero-order valence-electron chi connectivity index (χ0n) is 9.99. The van der Waals surface area contributed by atoms with E-state index in [1.807, 2.05) is 11.6 Å². The fourth-order valence-corrected chi connectivity index (χ4v) is 2.28. The number of halogens is 2. The topological polar surface area (TPSA) is 58.2 Å². The number of benzene rings is 1. The number of sulfonamides is 1. The molecule has 102 valence electrons.